The summed E-state index contributed by atoms with van der Waals surface area (Å²) < 4.78 is 0. The molecule has 45 nitrogen and oxygen atoms in total. The Balaban J connectivity index is 0.858. The van der Waals surface area contributed by atoms with Crippen molar-refractivity contribution >= 4 is 133 Å². The topological polar surface area (TPSA) is 684 Å². The van der Waals surface area contributed by atoms with E-state index < -0.39 is 189 Å². The number of benzene rings is 6. The van der Waals surface area contributed by atoms with Crippen LogP contribution in [-0.4, -0.2) is 325 Å². The van der Waals surface area contributed by atoms with Gasteiger partial charge in [0, 0.05) is 161 Å². The molecule has 27 N–H and O–H groups in total. The lowest BCUT2D eigenvalue weighted by atomic mass is 9.96. The van der Waals surface area contributed by atoms with E-state index in [1.54, 1.807) is 141 Å². The van der Waals surface area contributed by atoms with Gasteiger partial charge >= 0.3 is 23.9 Å². The number of imidazole rings is 1. The van der Waals surface area contributed by atoms with Crippen LogP contribution < -0.4 is 81.2 Å². The number of guanidine groups is 2. The Morgan fingerprint density at radius 3 is 1.33 bits per heavy atom. The van der Waals surface area contributed by atoms with Gasteiger partial charge in [-0.05, 0) is 90.1 Å². The summed E-state index contributed by atoms with van der Waals surface area (Å²) in [5.41, 5.74) is 25.2. The number of ketones is 1. The van der Waals surface area contributed by atoms with Gasteiger partial charge < -0.3 is 111 Å². The number of piperidine rings is 1. The predicted octanol–water partition coefficient (Wildman–Crippen LogP) is -1.78. The van der Waals surface area contributed by atoms with Gasteiger partial charge in [0.25, 0.3) is 5.91 Å². The number of aliphatic hydroxyl groups excluding tert-OH is 1. The summed E-state index contributed by atoms with van der Waals surface area (Å²) in [5.74, 6) is -14.0. The molecule has 0 saturated carbocycles. The van der Waals surface area contributed by atoms with E-state index in [0.29, 0.717) is 68.0 Å². The molecule has 5 heterocycles. The van der Waals surface area contributed by atoms with Gasteiger partial charge in [-0.3, -0.25) is 103 Å². The number of urea groups is 1. The first-order valence-electron chi connectivity index (χ1n) is 45.9. The van der Waals surface area contributed by atoms with Gasteiger partial charge in [-0.25, -0.2) is 15.2 Å². The number of nitrogens with two attached hydrogens (primary N) is 3. The maximum atomic E-state index is 15.6. The molecule has 2 fully saturated rings. The number of rotatable bonds is 46. The number of aliphatic carboxylic acids is 3. The van der Waals surface area contributed by atoms with Gasteiger partial charge in [-0.2, -0.15) is 0 Å². The number of hydrazine groups is 1. The molecule has 0 bridgehead atoms. The Kier molecular flexibility index (Phi) is 38.9. The molecule has 45 heteroatoms. The van der Waals surface area contributed by atoms with Crippen LogP contribution in [0.1, 0.15) is 88.8 Å². The van der Waals surface area contributed by atoms with Gasteiger partial charge in [0.1, 0.15) is 54.4 Å². The third-order valence-electron chi connectivity index (χ3n) is 24.1. The van der Waals surface area contributed by atoms with Crippen LogP contribution in [0.5, 0.6) is 0 Å². The zero-order valence-electron chi connectivity index (χ0n) is 77.0. The zero-order valence-corrected chi connectivity index (χ0v) is 77.0. The number of nitrogens with zero attached hydrogens (tertiary/aromatic N) is 6. The Bertz CT molecular complexity index is 5830. The zero-order chi connectivity index (χ0) is 100. The number of aliphatic hydroxyl groups is 1. The standard InChI is InChI=1S/C95H120N26O19/c96-93(97)102-31-12-22-70(108-86(133)72(44-58-27-28-59-14-4-5-17-62(59)42-58)107-79(123)51-117-34-36-118(52-80(124)125)38-40-120(54-82(128)129)41-39-119(37-35-117)53-81(126)127)84(131)111-74(46-64-49-105-69-21-9-7-19-67(64)69)88(135)114-77(55-122)90(137)112-75(47-65-50-101-56-106-65)89(136)109-71(23-13-32-103-94(98)99)85(132)110-73(45-63-48-104-68-20-8-6-18-66(63)68)87(134)113-76(92(139)121-33-11-10-24-78(121)91(138)115-116-95(100)140)43-57-25-29-61(30-26-57)83(130)60-15-2-1-3-16-60/h1-9,14-21,25-30,42,48-50,56,70-78,104-105,122H,10-13,22-24,31-41,43-47,51-55H2,(H,101,106)(H,107,123)(H,108,133)(H,109,136)(H,110,132)(H,111,131)(H,112,137)(H,113,134)(H,114,135)(H,115,138)(H,124,125)(H,126,127)(H,128,129)(H4,96,97,102)(H4,98,99,103)(H3,100,116,140)/t70-,71+,72+,73-,74-,75-,76+,77-,78?/m0/s1. The molecule has 0 spiro atoms. The summed E-state index contributed by atoms with van der Waals surface area (Å²) in [4.78, 5) is 234. The Hall–Kier alpha value is -15.7. The third kappa shape index (κ3) is 31.9. The highest BCUT2D eigenvalue weighted by molar-refractivity contribution is 6.09. The minimum Gasteiger partial charge on any atom is -0.480 e. The Morgan fingerprint density at radius 1 is 0.421 bits per heavy atom. The van der Waals surface area contributed by atoms with Crippen molar-refractivity contribution in [2.75, 3.05) is 105 Å². The number of hydrogen-bond donors (Lipinski definition) is 24. The molecular weight excluding hydrogens is 1810 g/mol. The number of aromatic nitrogens is 4. The molecule has 140 heavy (non-hydrogen) atoms. The molecule has 9 atom stereocenters. The number of fused-ring (bicyclic) bond motifs is 3. The lowest BCUT2D eigenvalue weighted by Gasteiger charge is -2.37. The molecule has 0 radical (unpaired) electrons. The molecule has 744 valence electrons. The summed E-state index contributed by atoms with van der Waals surface area (Å²) in [7, 11) is 0. The summed E-state index contributed by atoms with van der Waals surface area (Å²) in [6.07, 6.45) is 5.06. The number of carboxylic acids is 3. The average molecular weight is 1930 g/mol. The van der Waals surface area contributed by atoms with Crippen molar-refractivity contribution < 1.29 is 92.3 Å². The van der Waals surface area contributed by atoms with Crippen molar-refractivity contribution in [3.63, 3.8) is 0 Å². The second kappa shape index (κ2) is 52.0. The summed E-state index contributed by atoms with van der Waals surface area (Å²) in [6, 6.07) is 26.3. The molecule has 2 saturated heterocycles. The van der Waals surface area contributed by atoms with E-state index in [0.717, 1.165) is 10.8 Å². The third-order valence-corrected chi connectivity index (χ3v) is 24.1. The van der Waals surface area contributed by atoms with Crippen LogP contribution in [0.4, 0.5) is 4.79 Å². The van der Waals surface area contributed by atoms with E-state index in [9.17, 15) is 54.0 Å². The first kappa shape index (κ1) is 105. The van der Waals surface area contributed by atoms with Crippen molar-refractivity contribution in [3.8, 4) is 0 Å². The molecular formula is C95H120N26O19. The van der Waals surface area contributed by atoms with Crippen molar-refractivity contribution in [2.45, 2.75) is 131 Å². The van der Waals surface area contributed by atoms with Crippen LogP contribution in [0, 0.1) is 10.8 Å². The summed E-state index contributed by atoms with van der Waals surface area (Å²) >= 11 is 0. The number of carboxylic acid groups (broad SMARTS) is 3. The van der Waals surface area contributed by atoms with Crippen LogP contribution in [0.15, 0.2) is 171 Å². The minimum absolute atomic E-state index is 0.00636. The lowest BCUT2D eigenvalue weighted by molar-refractivity contribution is -0.145. The normalized spacial score (nSPS) is 15.8. The fourth-order valence-corrected chi connectivity index (χ4v) is 16.9. The molecule has 6 aromatic carbocycles. The van der Waals surface area contributed by atoms with Gasteiger partial charge in [0.2, 0.25) is 53.2 Å². The summed E-state index contributed by atoms with van der Waals surface area (Å²) in [5, 5.41) is 86.8. The highest BCUT2D eigenvalue weighted by Crippen LogP contribution is 2.26. The van der Waals surface area contributed by atoms with Gasteiger partial charge in [0.05, 0.1) is 39.1 Å². The monoisotopic (exact) mass is 1930 g/mol. The molecule has 3 aromatic heterocycles. The fourth-order valence-electron chi connectivity index (χ4n) is 16.9. The van der Waals surface area contributed by atoms with E-state index in [4.69, 9.17) is 28.0 Å². The number of H-pyrrole nitrogens is 3. The maximum Gasteiger partial charge on any atom is 0.330 e. The number of hydrogen-bond acceptors (Lipinski definition) is 23. The first-order valence-corrected chi connectivity index (χ1v) is 45.9. The van der Waals surface area contributed by atoms with Crippen LogP contribution in [-0.2, 0) is 94.4 Å². The largest absolute Gasteiger partial charge is 0.480 e. The van der Waals surface area contributed by atoms with E-state index in [1.807, 2.05) is 36.4 Å². The molecule has 11 rings (SSSR count). The summed E-state index contributed by atoms with van der Waals surface area (Å²) in [6.45, 7) is -2.26. The molecule has 2 aliphatic rings. The molecule has 9 aromatic rings. The van der Waals surface area contributed by atoms with Crippen molar-refractivity contribution in [2.24, 2.45) is 17.2 Å². The second-order valence-corrected chi connectivity index (χ2v) is 34.4. The molecule has 1 unspecified atom stereocenters. The SMILES string of the molecule is N=C(N)NCCC[C@H](NC(=O)[C@@H](Cc1ccc2ccccc2c1)NC(=O)CN1CCN(CC(=O)O)CCN(CC(=O)O)CCN(CC(=O)O)CC1)C(=O)N[C@@H](Cc1c[nH]c2ccccc12)C(=O)N[C@@H](CO)C(=O)N[C@@H](Cc1cnc[nH]1)C(=O)N[C@H](CCCNC(=N)N)C(=O)N[C@@H](Cc1c[nH]c2ccccc12)C(=O)N[C@H](Cc1ccc(C(=O)c2ccccc2)cc1)C(=O)N1CCCCC1C(=O)NNC(N)=O. The van der Waals surface area contributed by atoms with Crippen LogP contribution in [0.2, 0.25) is 0 Å². The number of nitrogens with one attached hydrogen (secondary N) is 17. The van der Waals surface area contributed by atoms with Crippen molar-refractivity contribution in [1.29, 1.82) is 10.8 Å². The van der Waals surface area contributed by atoms with E-state index in [2.05, 4.69) is 84.0 Å². The predicted molar refractivity (Wildman–Crippen MR) is 514 cm³/mol. The number of primary amides is 1. The number of amides is 12. The highest BCUT2D eigenvalue weighted by Gasteiger charge is 2.41. The fraction of sp³-hybridized carbons (Fsp3) is 0.389. The van der Waals surface area contributed by atoms with Crippen LogP contribution in [0.25, 0.3) is 32.6 Å². The molecule has 12 amide bonds. The number of aromatic amines is 3. The second-order valence-electron chi connectivity index (χ2n) is 34.4. The van der Waals surface area contributed by atoms with Crippen molar-refractivity contribution in [3.05, 3.63) is 210 Å². The lowest BCUT2D eigenvalue weighted by Crippen LogP contribution is -2.62. The van der Waals surface area contributed by atoms with E-state index in [-0.39, 0.29) is 141 Å². The maximum absolute atomic E-state index is 15.6. The molecule has 0 aliphatic carbocycles. The quantitative estimate of drug-likeness (QED) is 0.00659. The van der Waals surface area contributed by atoms with E-state index in [1.165, 1.54) is 17.4 Å². The van der Waals surface area contributed by atoms with Gasteiger partial charge in [-0.1, -0.05) is 133 Å². The Morgan fingerprint density at radius 2 is 0.843 bits per heavy atom. The number of carbonyl (C=O) groups is 15. The van der Waals surface area contributed by atoms with Crippen LogP contribution >= 0.6 is 0 Å². The van der Waals surface area contributed by atoms with Gasteiger partial charge in [-0.15, -0.1) is 0 Å². The molecule has 2 aliphatic heterocycles. The number of carbonyl (C=O) groups excluding carboxylic acids is 12. The minimum atomic E-state index is -1.95. The Labute approximate surface area is 804 Å². The number of likely N-dealkylation sites (tertiary alicyclic amines) is 1. The smallest absolute Gasteiger partial charge is 0.330 e. The van der Waals surface area contributed by atoms with Crippen molar-refractivity contribution in [1.82, 2.24) is 108 Å². The van der Waals surface area contributed by atoms with E-state index >= 15 is 38.4 Å². The van der Waals surface area contributed by atoms with Crippen LogP contribution in [0.3, 0.4) is 0 Å². The first-order chi connectivity index (χ1) is 67.3. The average Bonchev–Trinajstić information content (AvgIpc) is 1.18. The number of para-hydroxylation sites is 2. The highest BCUT2D eigenvalue weighted by atomic mass is 16.4. The van der Waals surface area contributed by atoms with Gasteiger partial charge in [0.15, 0.2) is 17.7 Å².